The Morgan fingerprint density at radius 2 is 2.04 bits per heavy atom. The first kappa shape index (κ1) is 19.3. The standard InChI is InChI=1S/C17H18N4O4S2/c22-14(11-4-2-1-3-5-11)20-12(8-19-17-18-6-7-27-17)15(23)21-10-26-9-13(21)16(24)25/h1-5,8,13H,6-7,9-10H2,(H,18,19)(H,20,22)(H,24,25)/b12-8-/t13-/m1/s1. The Morgan fingerprint density at radius 3 is 2.70 bits per heavy atom. The summed E-state index contributed by atoms with van der Waals surface area (Å²) in [5.41, 5.74) is 0.377. The van der Waals surface area contributed by atoms with Crippen molar-refractivity contribution in [3.63, 3.8) is 0 Å². The minimum atomic E-state index is -1.06. The summed E-state index contributed by atoms with van der Waals surface area (Å²) in [6, 6.07) is 7.58. The summed E-state index contributed by atoms with van der Waals surface area (Å²) >= 11 is 2.87. The normalized spacial score (nSPS) is 19.6. The molecule has 27 heavy (non-hydrogen) atoms. The number of amides is 2. The fourth-order valence-electron chi connectivity index (χ4n) is 2.49. The van der Waals surface area contributed by atoms with Gasteiger partial charge < -0.3 is 20.6 Å². The molecule has 0 spiro atoms. The van der Waals surface area contributed by atoms with E-state index in [0.29, 0.717) is 23.0 Å². The molecule has 0 saturated carbocycles. The summed E-state index contributed by atoms with van der Waals surface area (Å²) in [6.07, 6.45) is 1.38. The largest absolute Gasteiger partial charge is 0.480 e. The zero-order chi connectivity index (χ0) is 19.2. The number of rotatable bonds is 5. The molecule has 8 nitrogen and oxygen atoms in total. The van der Waals surface area contributed by atoms with Crippen LogP contribution >= 0.6 is 23.5 Å². The molecule has 1 aromatic rings. The minimum Gasteiger partial charge on any atom is -0.480 e. The second kappa shape index (κ2) is 8.96. The lowest BCUT2D eigenvalue weighted by atomic mass is 10.2. The lowest BCUT2D eigenvalue weighted by molar-refractivity contribution is -0.146. The average molecular weight is 406 g/mol. The molecule has 0 aromatic heterocycles. The van der Waals surface area contributed by atoms with E-state index < -0.39 is 23.8 Å². The van der Waals surface area contributed by atoms with Gasteiger partial charge in [0.05, 0.1) is 12.4 Å². The topological polar surface area (TPSA) is 111 Å². The van der Waals surface area contributed by atoms with Crippen LogP contribution in [0, 0.1) is 0 Å². The van der Waals surface area contributed by atoms with Crippen molar-refractivity contribution in [2.75, 3.05) is 23.9 Å². The van der Waals surface area contributed by atoms with E-state index >= 15 is 0 Å². The van der Waals surface area contributed by atoms with Crippen LogP contribution in [0.25, 0.3) is 0 Å². The molecule has 1 fully saturated rings. The summed E-state index contributed by atoms with van der Waals surface area (Å²) in [5.74, 6) is -0.643. The van der Waals surface area contributed by atoms with Crippen LogP contribution in [0.5, 0.6) is 0 Å². The van der Waals surface area contributed by atoms with E-state index in [0.717, 1.165) is 5.75 Å². The van der Waals surface area contributed by atoms with Gasteiger partial charge in [0, 0.05) is 23.3 Å². The number of hydrogen-bond donors (Lipinski definition) is 3. The quantitative estimate of drug-likeness (QED) is 0.624. The molecule has 10 heteroatoms. The molecular formula is C17H18N4O4S2. The van der Waals surface area contributed by atoms with Crippen LogP contribution in [0.3, 0.4) is 0 Å². The molecule has 0 unspecified atom stereocenters. The number of carboxylic acid groups (broad SMARTS) is 1. The maximum atomic E-state index is 12.9. The van der Waals surface area contributed by atoms with Gasteiger partial charge in [-0.05, 0) is 12.1 Å². The maximum absolute atomic E-state index is 12.9. The Morgan fingerprint density at radius 1 is 1.26 bits per heavy atom. The average Bonchev–Trinajstić information content (AvgIpc) is 3.36. The second-order valence-corrected chi connectivity index (χ2v) is 7.77. The number of aliphatic carboxylic acids is 1. The van der Waals surface area contributed by atoms with Gasteiger partial charge in [0.25, 0.3) is 11.8 Å². The number of carbonyl (C=O) groups excluding carboxylic acids is 2. The number of aliphatic imine (C=N–C) groups is 1. The molecule has 2 amide bonds. The van der Waals surface area contributed by atoms with Crippen LogP contribution in [0.4, 0.5) is 0 Å². The molecule has 142 valence electrons. The molecule has 2 aliphatic rings. The Kier molecular flexibility index (Phi) is 6.40. The summed E-state index contributed by atoms with van der Waals surface area (Å²) in [4.78, 5) is 42.3. The highest BCUT2D eigenvalue weighted by Crippen LogP contribution is 2.22. The van der Waals surface area contributed by atoms with Gasteiger partial charge in [-0.25, -0.2) is 4.79 Å². The second-order valence-electron chi connectivity index (χ2n) is 5.69. The third kappa shape index (κ3) is 4.83. The highest BCUT2D eigenvalue weighted by atomic mass is 32.2. The summed E-state index contributed by atoms with van der Waals surface area (Å²) in [6.45, 7) is 0.685. The van der Waals surface area contributed by atoms with E-state index in [1.165, 1.54) is 34.6 Å². The van der Waals surface area contributed by atoms with Gasteiger partial charge in [-0.1, -0.05) is 30.0 Å². The van der Waals surface area contributed by atoms with Crippen molar-refractivity contribution in [1.82, 2.24) is 15.5 Å². The summed E-state index contributed by atoms with van der Waals surface area (Å²) in [5, 5.41) is 15.5. The van der Waals surface area contributed by atoms with Crippen LogP contribution in [0.1, 0.15) is 10.4 Å². The van der Waals surface area contributed by atoms with Crippen molar-refractivity contribution in [2.45, 2.75) is 6.04 Å². The van der Waals surface area contributed by atoms with Gasteiger partial charge in [-0.3, -0.25) is 14.6 Å². The van der Waals surface area contributed by atoms with Crippen LogP contribution < -0.4 is 10.6 Å². The lowest BCUT2D eigenvalue weighted by Crippen LogP contribution is -2.45. The number of nitrogens with one attached hydrogen (secondary N) is 2. The molecule has 0 aliphatic carbocycles. The molecule has 1 saturated heterocycles. The van der Waals surface area contributed by atoms with Crippen LogP contribution in [0.15, 0.2) is 47.2 Å². The molecule has 1 atom stereocenters. The molecule has 3 N–H and O–H groups in total. The van der Waals surface area contributed by atoms with Crippen LogP contribution in [-0.2, 0) is 9.59 Å². The van der Waals surface area contributed by atoms with Crippen molar-refractivity contribution in [3.8, 4) is 0 Å². The van der Waals surface area contributed by atoms with Crippen molar-refractivity contribution >= 4 is 46.5 Å². The van der Waals surface area contributed by atoms with E-state index in [9.17, 15) is 19.5 Å². The van der Waals surface area contributed by atoms with Gasteiger partial charge in [0.1, 0.15) is 11.7 Å². The highest BCUT2D eigenvalue weighted by Gasteiger charge is 2.36. The smallest absolute Gasteiger partial charge is 0.327 e. The molecule has 2 aliphatic heterocycles. The Labute approximate surface area is 164 Å². The van der Waals surface area contributed by atoms with Crippen molar-refractivity contribution in [1.29, 1.82) is 0 Å². The summed E-state index contributed by atoms with van der Waals surface area (Å²) < 4.78 is 0. The third-order valence-corrected chi connectivity index (χ3v) is 5.79. The predicted octanol–water partition coefficient (Wildman–Crippen LogP) is 0.936. The molecule has 2 heterocycles. The first-order valence-electron chi connectivity index (χ1n) is 8.18. The molecule has 0 bridgehead atoms. The van der Waals surface area contributed by atoms with E-state index in [-0.39, 0.29) is 11.6 Å². The van der Waals surface area contributed by atoms with Crippen molar-refractivity contribution in [2.24, 2.45) is 4.99 Å². The van der Waals surface area contributed by atoms with Gasteiger partial charge >= 0.3 is 5.97 Å². The number of nitrogens with zero attached hydrogens (tertiary/aromatic N) is 2. The number of carbonyl (C=O) groups is 3. The van der Waals surface area contributed by atoms with E-state index in [2.05, 4.69) is 15.6 Å². The van der Waals surface area contributed by atoms with E-state index in [1.807, 2.05) is 0 Å². The molecule has 1 aromatic carbocycles. The Bertz CT molecular complexity index is 797. The van der Waals surface area contributed by atoms with Gasteiger partial charge in [-0.2, -0.15) is 0 Å². The van der Waals surface area contributed by atoms with Crippen LogP contribution in [-0.4, -0.2) is 62.9 Å². The summed E-state index contributed by atoms with van der Waals surface area (Å²) in [7, 11) is 0. The third-order valence-electron chi connectivity index (χ3n) is 3.87. The fourth-order valence-corrected chi connectivity index (χ4v) is 4.34. The molecule has 0 radical (unpaired) electrons. The monoisotopic (exact) mass is 406 g/mol. The van der Waals surface area contributed by atoms with Gasteiger partial charge in [-0.15, -0.1) is 11.8 Å². The zero-order valence-corrected chi connectivity index (χ0v) is 15.9. The molecule has 3 rings (SSSR count). The number of amidine groups is 1. The minimum absolute atomic E-state index is 0.0206. The first-order chi connectivity index (χ1) is 13.1. The highest BCUT2D eigenvalue weighted by molar-refractivity contribution is 8.14. The zero-order valence-electron chi connectivity index (χ0n) is 14.3. The lowest BCUT2D eigenvalue weighted by Gasteiger charge is -2.22. The van der Waals surface area contributed by atoms with E-state index in [4.69, 9.17) is 0 Å². The Balaban J connectivity index is 1.80. The number of thioether (sulfide) groups is 2. The first-order valence-corrected chi connectivity index (χ1v) is 10.3. The predicted molar refractivity (Wildman–Crippen MR) is 105 cm³/mol. The number of carboxylic acids is 1. The van der Waals surface area contributed by atoms with E-state index in [1.54, 1.807) is 30.3 Å². The Hall–Kier alpha value is -2.46. The SMILES string of the molecule is O=C(N/C(=C\NC1=NCCS1)C(=O)N1CSC[C@@H]1C(=O)O)c1ccccc1. The number of hydrogen-bond acceptors (Lipinski definition) is 7. The fraction of sp³-hybridized carbons (Fsp3) is 0.294. The van der Waals surface area contributed by atoms with Crippen molar-refractivity contribution < 1.29 is 19.5 Å². The van der Waals surface area contributed by atoms with Crippen LogP contribution in [0.2, 0.25) is 0 Å². The van der Waals surface area contributed by atoms with Crippen molar-refractivity contribution in [3.05, 3.63) is 47.8 Å². The van der Waals surface area contributed by atoms with Gasteiger partial charge in [0.2, 0.25) is 0 Å². The number of benzene rings is 1. The maximum Gasteiger partial charge on any atom is 0.327 e. The molecular weight excluding hydrogens is 388 g/mol. The van der Waals surface area contributed by atoms with Gasteiger partial charge in [0.15, 0.2) is 5.17 Å².